The van der Waals surface area contributed by atoms with E-state index in [4.69, 9.17) is 0 Å². The Labute approximate surface area is 109 Å². The van der Waals surface area contributed by atoms with Gasteiger partial charge >= 0.3 is 5.69 Å². The molecule has 2 aromatic rings. The summed E-state index contributed by atoms with van der Waals surface area (Å²) < 4.78 is 0. The number of nitro groups is 1. The predicted molar refractivity (Wildman–Crippen MR) is 72.0 cm³/mol. The molecule has 7 heteroatoms. The van der Waals surface area contributed by atoms with Gasteiger partial charge in [0.05, 0.1) is 17.2 Å². The van der Waals surface area contributed by atoms with Gasteiger partial charge in [-0.1, -0.05) is 6.07 Å². The monoisotopic (exact) mass is 259 g/mol. The summed E-state index contributed by atoms with van der Waals surface area (Å²) in [4.78, 5) is 10.7. The van der Waals surface area contributed by atoms with Gasteiger partial charge in [-0.3, -0.25) is 10.1 Å². The third-order valence-electron chi connectivity index (χ3n) is 2.58. The van der Waals surface area contributed by atoms with Crippen LogP contribution in [-0.4, -0.2) is 22.2 Å². The molecule has 0 aliphatic heterocycles. The molecule has 1 aromatic heterocycles. The van der Waals surface area contributed by atoms with E-state index in [1.807, 2.05) is 0 Å². The fourth-order valence-electron chi connectivity index (χ4n) is 1.70. The minimum Gasteiger partial charge on any atom is -0.382 e. The summed E-state index contributed by atoms with van der Waals surface area (Å²) in [7, 11) is 1.65. The lowest BCUT2D eigenvalue weighted by atomic mass is 10.2. The summed E-state index contributed by atoms with van der Waals surface area (Å²) in [6, 6.07) is 8.63. The van der Waals surface area contributed by atoms with E-state index in [1.54, 1.807) is 43.6 Å². The van der Waals surface area contributed by atoms with E-state index < -0.39 is 4.92 Å². The second-order valence-corrected chi connectivity index (χ2v) is 3.78. The Morgan fingerprint density at radius 1 is 1.26 bits per heavy atom. The van der Waals surface area contributed by atoms with Gasteiger partial charge in [-0.25, -0.2) is 0 Å². The third kappa shape index (κ3) is 2.95. The highest BCUT2D eigenvalue weighted by atomic mass is 16.6. The van der Waals surface area contributed by atoms with Crippen molar-refractivity contribution in [1.29, 1.82) is 0 Å². The maximum absolute atomic E-state index is 11.1. The normalized spacial score (nSPS) is 9.95. The highest BCUT2D eigenvalue weighted by Gasteiger charge is 2.18. The van der Waals surface area contributed by atoms with Crippen molar-refractivity contribution in [3.8, 4) is 0 Å². The molecule has 0 fully saturated rings. The van der Waals surface area contributed by atoms with Crippen molar-refractivity contribution >= 4 is 17.1 Å². The minimum atomic E-state index is -0.412. The highest BCUT2D eigenvalue weighted by molar-refractivity contribution is 5.75. The van der Waals surface area contributed by atoms with Crippen LogP contribution in [0.1, 0.15) is 5.69 Å². The van der Waals surface area contributed by atoms with Crippen molar-refractivity contribution in [1.82, 2.24) is 10.2 Å². The van der Waals surface area contributed by atoms with Gasteiger partial charge < -0.3 is 10.6 Å². The molecular formula is C12H13N5O2. The Kier molecular flexibility index (Phi) is 3.87. The molecule has 0 saturated heterocycles. The van der Waals surface area contributed by atoms with Crippen LogP contribution in [0.3, 0.4) is 0 Å². The number of aromatic nitrogens is 2. The van der Waals surface area contributed by atoms with Gasteiger partial charge in [0.1, 0.15) is 11.4 Å². The van der Waals surface area contributed by atoms with Crippen LogP contribution in [0, 0.1) is 10.1 Å². The Morgan fingerprint density at radius 2 is 2.05 bits per heavy atom. The molecule has 19 heavy (non-hydrogen) atoms. The molecule has 1 aromatic carbocycles. The minimum absolute atomic E-state index is 0.0221. The van der Waals surface area contributed by atoms with Crippen molar-refractivity contribution in [3.05, 3.63) is 52.3 Å². The van der Waals surface area contributed by atoms with Gasteiger partial charge in [-0.2, -0.15) is 10.2 Å². The first-order valence-corrected chi connectivity index (χ1v) is 5.68. The van der Waals surface area contributed by atoms with E-state index in [0.29, 0.717) is 23.6 Å². The maximum Gasteiger partial charge on any atom is 0.315 e. The van der Waals surface area contributed by atoms with E-state index >= 15 is 0 Å². The Morgan fingerprint density at radius 3 is 2.68 bits per heavy atom. The number of rotatable bonds is 5. The summed E-state index contributed by atoms with van der Waals surface area (Å²) in [6.45, 7) is 0.377. The molecule has 0 unspecified atom stereocenters. The first-order chi connectivity index (χ1) is 9.22. The van der Waals surface area contributed by atoms with Crippen molar-refractivity contribution < 1.29 is 4.92 Å². The zero-order valence-electron chi connectivity index (χ0n) is 10.3. The molecular weight excluding hydrogens is 246 g/mol. The third-order valence-corrected chi connectivity index (χ3v) is 2.58. The number of nitrogens with zero attached hydrogens (tertiary/aromatic N) is 3. The van der Waals surface area contributed by atoms with E-state index in [9.17, 15) is 10.1 Å². The van der Waals surface area contributed by atoms with E-state index in [-0.39, 0.29) is 5.69 Å². The number of anilines is 2. The second kappa shape index (κ2) is 5.76. The molecule has 0 amide bonds. The molecule has 0 bridgehead atoms. The summed E-state index contributed by atoms with van der Waals surface area (Å²) in [5.74, 6) is 0. The second-order valence-electron chi connectivity index (χ2n) is 3.78. The highest BCUT2D eigenvalue weighted by Crippen LogP contribution is 2.32. The summed E-state index contributed by atoms with van der Waals surface area (Å²) >= 11 is 0. The zero-order chi connectivity index (χ0) is 13.7. The van der Waals surface area contributed by atoms with Crippen molar-refractivity contribution in [2.24, 2.45) is 0 Å². The lowest BCUT2D eigenvalue weighted by molar-refractivity contribution is -0.383. The van der Waals surface area contributed by atoms with Gasteiger partial charge in [0, 0.05) is 13.2 Å². The van der Waals surface area contributed by atoms with Crippen molar-refractivity contribution in [2.45, 2.75) is 6.54 Å². The summed E-state index contributed by atoms with van der Waals surface area (Å²) in [6.07, 6.45) is 1.58. The van der Waals surface area contributed by atoms with Gasteiger partial charge in [-0.15, -0.1) is 0 Å². The van der Waals surface area contributed by atoms with Gasteiger partial charge in [-0.05, 0) is 24.3 Å². The zero-order valence-corrected chi connectivity index (χ0v) is 10.3. The molecule has 0 aliphatic rings. The first-order valence-electron chi connectivity index (χ1n) is 5.68. The van der Waals surface area contributed by atoms with Crippen LogP contribution in [0.25, 0.3) is 0 Å². The first kappa shape index (κ1) is 12.7. The molecule has 0 radical (unpaired) electrons. The lowest BCUT2D eigenvalue weighted by Crippen LogP contribution is -2.06. The Hall–Kier alpha value is -2.70. The van der Waals surface area contributed by atoms with Crippen molar-refractivity contribution in [2.75, 3.05) is 17.7 Å². The molecule has 2 N–H and O–H groups in total. The molecule has 0 spiro atoms. The standard InChI is InChI=1S/C12H13N5O2/c1-13-10-5-2-6-11(12(10)17(18)19)14-8-9-4-3-7-15-16-9/h2-7,13-14H,8H2,1H3. The summed E-state index contributed by atoms with van der Waals surface area (Å²) in [5.41, 5.74) is 1.65. The van der Waals surface area contributed by atoms with E-state index in [1.165, 1.54) is 0 Å². The lowest BCUT2D eigenvalue weighted by Gasteiger charge is -2.09. The molecule has 7 nitrogen and oxygen atoms in total. The van der Waals surface area contributed by atoms with Crippen LogP contribution in [0.15, 0.2) is 36.5 Å². The topological polar surface area (TPSA) is 93.0 Å². The number of hydrogen-bond donors (Lipinski definition) is 2. The average molecular weight is 259 g/mol. The smallest absolute Gasteiger partial charge is 0.315 e. The molecule has 0 atom stereocenters. The fraction of sp³-hybridized carbons (Fsp3) is 0.167. The van der Waals surface area contributed by atoms with Gasteiger partial charge in [0.2, 0.25) is 0 Å². The summed E-state index contributed by atoms with van der Waals surface area (Å²) in [5, 5.41) is 24.6. The van der Waals surface area contributed by atoms with Crippen LogP contribution in [0.4, 0.5) is 17.1 Å². The van der Waals surface area contributed by atoms with Crippen LogP contribution in [-0.2, 0) is 6.54 Å². The number of para-hydroxylation sites is 1. The number of nitrogens with one attached hydrogen (secondary N) is 2. The van der Waals surface area contributed by atoms with E-state index in [0.717, 1.165) is 0 Å². The quantitative estimate of drug-likeness (QED) is 0.630. The molecule has 98 valence electrons. The maximum atomic E-state index is 11.1. The molecule has 0 aliphatic carbocycles. The number of benzene rings is 1. The number of hydrogen-bond acceptors (Lipinski definition) is 6. The van der Waals surface area contributed by atoms with Crippen LogP contribution in [0.2, 0.25) is 0 Å². The number of nitro benzene ring substituents is 1. The Bertz CT molecular complexity index is 574. The van der Waals surface area contributed by atoms with Crippen LogP contribution >= 0.6 is 0 Å². The Balaban J connectivity index is 2.23. The van der Waals surface area contributed by atoms with Gasteiger partial charge in [0.15, 0.2) is 0 Å². The fourth-order valence-corrected chi connectivity index (χ4v) is 1.70. The SMILES string of the molecule is CNc1cccc(NCc2cccnn2)c1[N+](=O)[O-]. The van der Waals surface area contributed by atoms with Gasteiger partial charge in [0.25, 0.3) is 0 Å². The molecule has 1 heterocycles. The van der Waals surface area contributed by atoms with Crippen LogP contribution < -0.4 is 10.6 Å². The van der Waals surface area contributed by atoms with Crippen LogP contribution in [0.5, 0.6) is 0 Å². The largest absolute Gasteiger partial charge is 0.382 e. The molecule has 0 saturated carbocycles. The molecule has 2 rings (SSSR count). The predicted octanol–water partition coefficient (Wildman–Crippen LogP) is 2.04. The average Bonchev–Trinajstić information content (AvgIpc) is 2.45. The van der Waals surface area contributed by atoms with Crippen molar-refractivity contribution in [3.63, 3.8) is 0 Å². The van der Waals surface area contributed by atoms with E-state index in [2.05, 4.69) is 20.8 Å².